The van der Waals surface area contributed by atoms with Crippen LogP contribution in [-0.2, 0) is 32.1 Å². The zero-order valence-corrected chi connectivity index (χ0v) is 15.2. The van der Waals surface area contributed by atoms with Crippen molar-refractivity contribution in [3.63, 3.8) is 0 Å². The van der Waals surface area contributed by atoms with Gasteiger partial charge in [0, 0.05) is 25.6 Å². The lowest BCUT2D eigenvalue weighted by molar-refractivity contribution is -0.147. The van der Waals surface area contributed by atoms with Crippen LogP contribution < -0.4 is 5.73 Å². The van der Waals surface area contributed by atoms with E-state index in [9.17, 15) is 22.0 Å². The predicted octanol–water partition coefficient (Wildman–Crippen LogP) is 2.27. The first-order chi connectivity index (χ1) is 13.6. The van der Waals surface area contributed by atoms with Gasteiger partial charge in [0.05, 0.1) is 0 Å². The summed E-state index contributed by atoms with van der Waals surface area (Å²) >= 11 is 0. The van der Waals surface area contributed by atoms with Crippen LogP contribution in [0.4, 0.5) is 22.0 Å². The molecule has 0 amide bonds. The Bertz CT molecular complexity index is 1070. The van der Waals surface area contributed by atoms with Gasteiger partial charge in [0.1, 0.15) is 17.5 Å². The third-order valence-corrected chi connectivity index (χ3v) is 4.83. The fraction of sp³-hybridized carbons (Fsp3) is 0.412. The zero-order chi connectivity index (χ0) is 20.9. The van der Waals surface area contributed by atoms with Crippen LogP contribution in [0.5, 0.6) is 0 Å². The molecule has 7 nitrogen and oxygen atoms in total. The van der Waals surface area contributed by atoms with E-state index < -0.39 is 29.7 Å². The van der Waals surface area contributed by atoms with Crippen LogP contribution in [-0.4, -0.2) is 35.6 Å². The molecule has 1 atom stereocenters. The molecular formula is C17H16F5N7. The Morgan fingerprint density at radius 3 is 2.34 bits per heavy atom. The third kappa shape index (κ3) is 3.48. The molecule has 0 radical (unpaired) electrons. The van der Waals surface area contributed by atoms with Crippen molar-refractivity contribution in [3.8, 4) is 11.6 Å². The monoisotopic (exact) mass is 413 g/mol. The van der Waals surface area contributed by atoms with E-state index in [1.165, 1.54) is 6.92 Å². The zero-order valence-electron chi connectivity index (χ0n) is 15.2. The van der Waals surface area contributed by atoms with Gasteiger partial charge >= 0.3 is 6.18 Å². The molecule has 0 bridgehead atoms. The summed E-state index contributed by atoms with van der Waals surface area (Å²) < 4.78 is 69.4. The highest BCUT2D eigenvalue weighted by atomic mass is 19.4. The Balaban J connectivity index is 1.56. The molecule has 0 aliphatic carbocycles. The molecule has 0 fully saturated rings. The van der Waals surface area contributed by atoms with Crippen molar-refractivity contribution in [2.24, 2.45) is 5.73 Å². The number of benzene rings is 1. The van der Waals surface area contributed by atoms with Crippen LogP contribution in [0.25, 0.3) is 11.6 Å². The number of hydrogen-bond donors (Lipinski definition) is 1. The molecule has 154 valence electrons. The summed E-state index contributed by atoms with van der Waals surface area (Å²) in [6.07, 6.45) is -4.37. The van der Waals surface area contributed by atoms with Gasteiger partial charge in [-0.1, -0.05) is 0 Å². The number of halogens is 5. The van der Waals surface area contributed by atoms with Crippen molar-refractivity contribution in [3.05, 3.63) is 46.5 Å². The Kier molecular flexibility index (Phi) is 4.60. The van der Waals surface area contributed by atoms with Crippen LogP contribution in [0.1, 0.15) is 22.8 Å². The maximum absolute atomic E-state index is 14.0. The van der Waals surface area contributed by atoms with Gasteiger partial charge < -0.3 is 10.3 Å². The first-order valence-electron chi connectivity index (χ1n) is 8.78. The van der Waals surface area contributed by atoms with E-state index in [0.29, 0.717) is 5.82 Å². The molecule has 3 heterocycles. The van der Waals surface area contributed by atoms with E-state index in [-0.39, 0.29) is 48.7 Å². The predicted molar refractivity (Wildman–Crippen MR) is 90.5 cm³/mol. The van der Waals surface area contributed by atoms with E-state index in [1.54, 1.807) is 4.57 Å². The molecule has 0 spiro atoms. The second kappa shape index (κ2) is 6.87. The van der Waals surface area contributed by atoms with Crippen molar-refractivity contribution < 1.29 is 22.0 Å². The average Bonchev–Trinajstić information content (AvgIpc) is 3.23. The molecule has 1 aromatic carbocycles. The maximum atomic E-state index is 14.0. The lowest BCUT2D eigenvalue weighted by atomic mass is 10.0. The molecule has 3 aromatic rings. The van der Waals surface area contributed by atoms with E-state index in [0.717, 1.165) is 16.7 Å². The van der Waals surface area contributed by atoms with Gasteiger partial charge in [-0.2, -0.15) is 13.2 Å². The smallest absolute Gasteiger partial charge is 0.327 e. The SMILES string of the molecule is Cc1cc(F)c(C[C@@H](N)Cc2nnc3n2CCn2c-3nnc2C(F)(F)F)cc1F. The number of rotatable bonds is 4. The molecule has 2 N–H and O–H groups in total. The van der Waals surface area contributed by atoms with Gasteiger partial charge in [-0.25, -0.2) is 8.78 Å². The van der Waals surface area contributed by atoms with E-state index >= 15 is 0 Å². The summed E-state index contributed by atoms with van der Waals surface area (Å²) in [5.41, 5.74) is 6.44. The van der Waals surface area contributed by atoms with E-state index in [2.05, 4.69) is 20.4 Å². The Morgan fingerprint density at radius 2 is 1.62 bits per heavy atom. The van der Waals surface area contributed by atoms with Crippen molar-refractivity contribution >= 4 is 0 Å². The number of fused-ring (bicyclic) bond motifs is 3. The van der Waals surface area contributed by atoms with Crippen LogP contribution in [0.15, 0.2) is 12.1 Å². The summed E-state index contributed by atoms with van der Waals surface area (Å²) in [6, 6.07) is 1.64. The molecular weight excluding hydrogens is 397 g/mol. The summed E-state index contributed by atoms with van der Waals surface area (Å²) in [5, 5.41) is 14.8. The van der Waals surface area contributed by atoms with Crippen molar-refractivity contribution in [1.29, 1.82) is 0 Å². The Labute approximate surface area is 161 Å². The summed E-state index contributed by atoms with van der Waals surface area (Å²) in [4.78, 5) is 0. The van der Waals surface area contributed by atoms with Crippen LogP contribution in [0.2, 0.25) is 0 Å². The normalized spacial score (nSPS) is 14.6. The summed E-state index contributed by atoms with van der Waals surface area (Å²) in [6.45, 7) is 1.65. The number of nitrogens with zero attached hydrogens (tertiary/aromatic N) is 6. The molecule has 0 unspecified atom stereocenters. The van der Waals surface area contributed by atoms with Gasteiger partial charge in [-0.3, -0.25) is 4.57 Å². The van der Waals surface area contributed by atoms with Gasteiger partial charge in [-0.05, 0) is 36.6 Å². The average molecular weight is 413 g/mol. The van der Waals surface area contributed by atoms with E-state index in [1.807, 2.05) is 0 Å². The van der Waals surface area contributed by atoms with Crippen LogP contribution >= 0.6 is 0 Å². The summed E-state index contributed by atoms with van der Waals surface area (Å²) in [5.74, 6) is -1.58. The Hall–Kier alpha value is -2.89. The van der Waals surface area contributed by atoms with Gasteiger partial charge in [0.15, 0.2) is 0 Å². The minimum absolute atomic E-state index is 0.00224. The number of hydrogen-bond acceptors (Lipinski definition) is 5. The first kappa shape index (κ1) is 19.4. The minimum Gasteiger partial charge on any atom is -0.327 e. The van der Waals surface area contributed by atoms with E-state index in [4.69, 9.17) is 5.73 Å². The molecule has 4 rings (SSSR count). The van der Waals surface area contributed by atoms with Crippen LogP contribution in [0, 0.1) is 18.6 Å². The molecule has 2 aromatic heterocycles. The first-order valence-corrected chi connectivity index (χ1v) is 8.78. The lowest BCUT2D eigenvalue weighted by Gasteiger charge is -2.19. The maximum Gasteiger partial charge on any atom is 0.451 e. The van der Waals surface area contributed by atoms with Gasteiger partial charge in [0.2, 0.25) is 17.5 Å². The largest absolute Gasteiger partial charge is 0.451 e. The molecule has 0 saturated heterocycles. The molecule has 1 aliphatic rings. The second-order valence-electron chi connectivity index (χ2n) is 6.95. The molecule has 0 saturated carbocycles. The lowest BCUT2D eigenvalue weighted by Crippen LogP contribution is -2.29. The number of aryl methyl sites for hydroxylation is 1. The van der Waals surface area contributed by atoms with Gasteiger partial charge in [0.25, 0.3) is 0 Å². The van der Waals surface area contributed by atoms with Crippen molar-refractivity contribution in [2.45, 2.75) is 45.1 Å². The second-order valence-corrected chi connectivity index (χ2v) is 6.95. The standard InChI is InChI=1S/C17H16F5N7/c1-8-4-12(19)9(6-11(8)18)5-10(23)7-13-24-25-14-15-26-27-16(17(20,21)22)29(15)3-2-28(13)14/h4,6,10H,2-3,5,7,23H2,1H3/t10-/m1/s1. The van der Waals surface area contributed by atoms with Crippen molar-refractivity contribution in [1.82, 2.24) is 29.5 Å². The number of aromatic nitrogens is 6. The molecule has 12 heteroatoms. The quantitative estimate of drug-likeness (QED) is 0.663. The van der Waals surface area contributed by atoms with Crippen LogP contribution in [0.3, 0.4) is 0 Å². The topological polar surface area (TPSA) is 87.4 Å². The summed E-state index contributed by atoms with van der Waals surface area (Å²) in [7, 11) is 0. The Morgan fingerprint density at radius 1 is 0.966 bits per heavy atom. The van der Waals surface area contributed by atoms with Gasteiger partial charge in [-0.15, -0.1) is 20.4 Å². The third-order valence-electron chi connectivity index (χ3n) is 4.83. The highest BCUT2D eigenvalue weighted by Crippen LogP contribution is 2.32. The fourth-order valence-corrected chi connectivity index (χ4v) is 3.41. The highest BCUT2D eigenvalue weighted by molar-refractivity contribution is 5.46. The molecule has 1 aliphatic heterocycles. The number of nitrogens with two attached hydrogens (primary N) is 1. The molecule has 29 heavy (non-hydrogen) atoms. The van der Waals surface area contributed by atoms with Crippen molar-refractivity contribution in [2.75, 3.05) is 0 Å². The fourth-order valence-electron chi connectivity index (χ4n) is 3.41. The minimum atomic E-state index is -4.62. The number of alkyl halides is 3. The highest BCUT2D eigenvalue weighted by Gasteiger charge is 2.40.